The molecular weight excluding hydrogens is 317 g/mol. The molecule has 23 heavy (non-hydrogen) atoms. The average molecular weight is 340 g/mol. The average Bonchev–Trinajstić information content (AvgIpc) is 3.06. The molecule has 1 aromatic carbocycles. The Morgan fingerprint density at radius 2 is 2.35 bits per heavy atom. The Balaban J connectivity index is 1.58. The number of nitrogens with one attached hydrogen (secondary N) is 1. The number of ether oxygens (including phenoxy) is 1. The molecule has 0 spiro atoms. The largest absolute Gasteiger partial charge is 0.381 e. The van der Waals surface area contributed by atoms with Gasteiger partial charge < -0.3 is 15.0 Å². The third kappa shape index (κ3) is 3.78. The van der Waals surface area contributed by atoms with E-state index in [9.17, 15) is 4.39 Å². The van der Waals surface area contributed by atoms with Crippen molar-refractivity contribution in [3.8, 4) is 0 Å². The number of nitrogens with zero attached hydrogens (tertiary/aromatic N) is 2. The Labute approximate surface area is 141 Å². The van der Waals surface area contributed by atoms with Crippen molar-refractivity contribution in [2.24, 2.45) is 10.9 Å². The predicted octanol–water partition coefficient (Wildman–Crippen LogP) is 2.88. The van der Waals surface area contributed by atoms with Crippen LogP contribution in [0.5, 0.6) is 0 Å². The third-order valence-corrected chi connectivity index (χ3v) is 4.93. The van der Waals surface area contributed by atoms with Crippen LogP contribution >= 0.6 is 11.6 Å². The highest BCUT2D eigenvalue weighted by Crippen LogP contribution is 2.44. The van der Waals surface area contributed by atoms with E-state index in [1.807, 2.05) is 7.05 Å². The van der Waals surface area contributed by atoms with Gasteiger partial charge in [0.15, 0.2) is 5.96 Å². The van der Waals surface area contributed by atoms with E-state index in [0.717, 1.165) is 38.6 Å². The van der Waals surface area contributed by atoms with Gasteiger partial charge in [0.25, 0.3) is 0 Å². The number of aliphatic imine (C=N–C) groups is 1. The second kappa shape index (κ2) is 7.05. The summed E-state index contributed by atoms with van der Waals surface area (Å²) >= 11 is 6.15. The molecule has 2 fully saturated rings. The van der Waals surface area contributed by atoms with Crippen LogP contribution in [-0.4, -0.2) is 50.8 Å². The highest BCUT2D eigenvalue weighted by Gasteiger charge is 2.42. The van der Waals surface area contributed by atoms with Crippen LogP contribution in [-0.2, 0) is 4.74 Å². The van der Waals surface area contributed by atoms with Gasteiger partial charge in [0.2, 0.25) is 0 Å². The van der Waals surface area contributed by atoms with Gasteiger partial charge in [-0.05, 0) is 25.0 Å². The summed E-state index contributed by atoms with van der Waals surface area (Å²) < 4.78 is 19.4. The zero-order valence-corrected chi connectivity index (χ0v) is 14.3. The molecular formula is C17H23ClFN3O. The molecule has 1 N–H and O–H groups in total. The second-order valence-corrected chi connectivity index (χ2v) is 6.79. The van der Waals surface area contributed by atoms with E-state index in [1.165, 1.54) is 6.07 Å². The minimum absolute atomic E-state index is 0.115. The molecule has 126 valence electrons. The Morgan fingerprint density at radius 3 is 3.00 bits per heavy atom. The summed E-state index contributed by atoms with van der Waals surface area (Å²) in [6.45, 7) is 2.58. The van der Waals surface area contributed by atoms with E-state index >= 15 is 0 Å². The summed E-state index contributed by atoms with van der Waals surface area (Å²) in [5, 5.41) is 3.93. The molecule has 1 heterocycles. The zero-order valence-electron chi connectivity index (χ0n) is 13.6. The molecule has 4 nitrogen and oxygen atoms in total. The lowest BCUT2D eigenvalue weighted by Gasteiger charge is -2.24. The minimum Gasteiger partial charge on any atom is -0.381 e. The van der Waals surface area contributed by atoms with Crippen LogP contribution in [0, 0.1) is 11.7 Å². The summed E-state index contributed by atoms with van der Waals surface area (Å²) in [7, 11) is 3.80. The summed E-state index contributed by atoms with van der Waals surface area (Å²) in [6, 6.07) is 5.04. The number of hydrogen-bond donors (Lipinski definition) is 1. The number of guanidine groups is 1. The summed E-state index contributed by atoms with van der Waals surface area (Å²) in [5.41, 5.74) is 0.619. The fraction of sp³-hybridized carbons (Fsp3) is 0.588. The van der Waals surface area contributed by atoms with Gasteiger partial charge in [-0.15, -0.1) is 0 Å². The van der Waals surface area contributed by atoms with Crippen molar-refractivity contribution < 1.29 is 9.13 Å². The van der Waals surface area contributed by atoms with E-state index in [2.05, 4.69) is 15.2 Å². The number of benzene rings is 1. The maximum Gasteiger partial charge on any atom is 0.193 e. The summed E-state index contributed by atoms with van der Waals surface area (Å²) in [4.78, 5) is 6.47. The molecule has 3 unspecified atom stereocenters. The van der Waals surface area contributed by atoms with Crippen LogP contribution in [0.1, 0.15) is 24.3 Å². The van der Waals surface area contributed by atoms with Crippen LogP contribution in [0.3, 0.4) is 0 Å². The Kier molecular flexibility index (Phi) is 5.07. The van der Waals surface area contributed by atoms with Crippen LogP contribution < -0.4 is 5.32 Å². The first-order chi connectivity index (χ1) is 11.1. The van der Waals surface area contributed by atoms with Crippen molar-refractivity contribution in [1.82, 2.24) is 10.2 Å². The molecule has 3 atom stereocenters. The normalized spacial score (nSPS) is 27.1. The van der Waals surface area contributed by atoms with Gasteiger partial charge in [0.1, 0.15) is 5.82 Å². The van der Waals surface area contributed by atoms with Gasteiger partial charge in [-0.3, -0.25) is 4.99 Å². The lowest BCUT2D eigenvalue weighted by Crippen LogP contribution is -2.42. The standard InChI is InChI=1S/C17H23ClFN3O/c1-20-17(22(2)9-11-6-7-23-10-11)21-15-8-12(15)16-13(18)4-3-5-14(16)19/h3-5,11-12,15H,6-10H2,1-2H3,(H,20,21). The monoisotopic (exact) mass is 339 g/mol. The Morgan fingerprint density at radius 1 is 1.52 bits per heavy atom. The van der Waals surface area contributed by atoms with Crippen molar-refractivity contribution in [2.45, 2.75) is 24.8 Å². The highest BCUT2D eigenvalue weighted by molar-refractivity contribution is 6.31. The highest BCUT2D eigenvalue weighted by atomic mass is 35.5. The van der Waals surface area contributed by atoms with E-state index in [1.54, 1.807) is 19.2 Å². The van der Waals surface area contributed by atoms with Crippen molar-refractivity contribution in [2.75, 3.05) is 33.9 Å². The summed E-state index contributed by atoms with van der Waals surface area (Å²) in [6.07, 6.45) is 1.97. The predicted molar refractivity (Wildman–Crippen MR) is 90.6 cm³/mol. The number of rotatable bonds is 4. The quantitative estimate of drug-likeness (QED) is 0.677. The number of hydrogen-bond acceptors (Lipinski definition) is 2. The molecule has 0 aromatic heterocycles. The minimum atomic E-state index is -0.224. The van der Waals surface area contributed by atoms with Crippen molar-refractivity contribution in [1.29, 1.82) is 0 Å². The van der Waals surface area contributed by atoms with E-state index in [0.29, 0.717) is 16.5 Å². The SMILES string of the molecule is CN=C(NC1CC1c1c(F)cccc1Cl)N(C)CC1CCOC1. The van der Waals surface area contributed by atoms with E-state index in [-0.39, 0.29) is 17.8 Å². The zero-order chi connectivity index (χ0) is 16.4. The van der Waals surface area contributed by atoms with E-state index in [4.69, 9.17) is 16.3 Å². The first kappa shape index (κ1) is 16.5. The molecule has 6 heteroatoms. The van der Waals surface area contributed by atoms with Crippen LogP contribution in [0.2, 0.25) is 5.02 Å². The molecule has 1 saturated heterocycles. The van der Waals surface area contributed by atoms with E-state index < -0.39 is 0 Å². The van der Waals surface area contributed by atoms with Gasteiger partial charge in [-0.1, -0.05) is 17.7 Å². The Bertz CT molecular complexity index is 569. The van der Waals surface area contributed by atoms with Gasteiger partial charge >= 0.3 is 0 Å². The van der Waals surface area contributed by atoms with Crippen molar-refractivity contribution >= 4 is 17.6 Å². The van der Waals surface area contributed by atoms with Gasteiger partial charge in [0, 0.05) is 55.7 Å². The molecule has 2 aliphatic rings. The topological polar surface area (TPSA) is 36.9 Å². The van der Waals surface area contributed by atoms with Gasteiger partial charge in [0.05, 0.1) is 6.61 Å². The Hall–Kier alpha value is -1.33. The molecule has 1 aliphatic heterocycles. The van der Waals surface area contributed by atoms with Gasteiger partial charge in [-0.2, -0.15) is 0 Å². The van der Waals surface area contributed by atoms with Gasteiger partial charge in [-0.25, -0.2) is 4.39 Å². The molecule has 1 saturated carbocycles. The smallest absolute Gasteiger partial charge is 0.193 e. The number of halogens is 2. The fourth-order valence-corrected chi connectivity index (χ4v) is 3.55. The third-order valence-electron chi connectivity index (χ3n) is 4.60. The maximum atomic E-state index is 14.0. The second-order valence-electron chi connectivity index (χ2n) is 6.39. The van der Waals surface area contributed by atoms with Crippen molar-refractivity contribution in [3.05, 3.63) is 34.6 Å². The lowest BCUT2D eigenvalue weighted by atomic mass is 10.1. The molecule has 3 rings (SSSR count). The first-order valence-corrected chi connectivity index (χ1v) is 8.44. The van der Waals surface area contributed by atoms with Crippen molar-refractivity contribution in [3.63, 3.8) is 0 Å². The van der Waals surface area contributed by atoms with Crippen LogP contribution in [0.15, 0.2) is 23.2 Å². The first-order valence-electron chi connectivity index (χ1n) is 8.06. The van der Waals surface area contributed by atoms with Crippen LogP contribution in [0.25, 0.3) is 0 Å². The lowest BCUT2D eigenvalue weighted by molar-refractivity contribution is 0.181. The fourth-order valence-electron chi connectivity index (χ4n) is 3.25. The molecule has 1 aromatic rings. The molecule has 0 bridgehead atoms. The molecule has 0 radical (unpaired) electrons. The molecule has 0 amide bonds. The summed E-state index contributed by atoms with van der Waals surface area (Å²) in [5.74, 6) is 1.29. The molecule has 1 aliphatic carbocycles. The van der Waals surface area contributed by atoms with Crippen LogP contribution in [0.4, 0.5) is 4.39 Å². The maximum absolute atomic E-state index is 14.0.